The van der Waals surface area contributed by atoms with Crippen LogP contribution in [-0.2, 0) is 11.2 Å². The van der Waals surface area contributed by atoms with Gasteiger partial charge in [0.25, 0.3) is 0 Å². The first kappa shape index (κ1) is 15.2. The van der Waals surface area contributed by atoms with Crippen LogP contribution >= 0.6 is 0 Å². The summed E-state index contributed by atoms with van der Waals surface area (Å²) in [6.45, 7) is 5.83. The van der Waals surface area contributed by atoms with Crippen LogP contribution in [0.1, 0.15) is 30.9 Å². The fourth-order valence-electron chi connectivity index (χ4n) is 2.67. The van der Waals surface area contributed by atoms with Gasteiger partial charge in [0, 0.05) is 43.4 Å². The van der Waals surface area contributed by atoms with Crippen molar-refractivity contribution in [2.45, 2.75) is 26.2 Å². The zero-order valence-corrected chi connectivity index (χ0v) is 13.1. The van der Waals surface area contributed by atoms with Crippen LogP contribution in [0, 0.1) is 0 Å². The molecule has 3 rings (SSSR count). The van der Waals surface area contributed by atoms with Gasteiger partial charge in [0.15, 0.2) is 5.43 Å². The maximum absolute atomic E-state index is 12.1. The quantitative estimate of drug-likeness (QED) is 0.868. The normalized spacial score (nSPS) is 13.0. The van der Waals surface area contributed by atoms with Gasteiger partial charge in [-0.1, -0.05) is 25.6 Å². The van der Waals surface area contributed by atoms with Crippen LogP contribution in [0.3, 0.4) is 0 Å². The number of Topliss-reactive ketones (excluding diaryl/α,β-unsaturated/α-hetero) is 1. The topological polar surface area (TPSA) is 51.4 Å². The molecule has 0 aliphatic carbocycles. The molecular formula is C19H18N2O2. The van der Waals surface area contributed by atoms with E-state index in [1.807, 2.05) is 35.8 Å². The zero-order chi connectivity index (χ0) is 16.4. The average molecular weight is 306 g/mol. The van der Waals surface area contributed by atoms with Crippen LogP contribution in [0.2, 0.25) is 0 Å². The summed E-state index contributed by atoms with van der Waals surface area (Å²) in [5.41, 5.74) is 3.22. The Labute approximate surface area is 134 Å². The molecule has 2 heterocycles. The fourth-order valence-corrected chi connectivity index (χ4v) is 2.67. The minimum atomic E-state index is -0.0525. The lowest BCUT2D eigenvalue weighted by Gasteiger charge is -2.17. The van der Waals surface area contributed by atoms with Gasteiger partial charge >= 0.3 is 0 Å². The third-order valence-electron chi connectivity index (χ3n) is 3.99. The van der Waals surface area contributed by atoms with Crippen LogP contribution in [0.4, 0.5) is 5.82 Å². The lowest BCUT2D eigenvalue weighted by Crippen LogP contribution is -2.14. The molecule has 0 atom stereocenters. The van der Waals surface area contributed by atoms with Gasteiger partial charge < -0.3 is 4.57 Å². The third-order valence-corrected chi connectivity index (χ3v) is 3.99. The fraction of sp³-hybridized carbons (Fsp3) is 0.211. The number of hydrogen-bond acceptors (Lipinski definition) is 3. The molecule has 0 unspecified atom stereocenters. The summed E-state index contributed by atoms with van der Waals surface area (Å²) < 4.78 is 1.88. The van der Waals surface area contributed by atoms with E-state index in [1.54, 1.807) is 18.5 Å². The van der Waals surface area contributed by atoms with Gasteiger partial charge in [0.05, 0.1) is 5.56 Å². The molecule has 0 bridgehead atoms. The predicted molar refractivity (Wildman–Crippen MR) is 92.8 cm³/mol. The van der Waals surface area contributed by atoms with Crippen LogP contribution < -0.4 is 5.43 Å². The number of fused-ring (bicyclic) bond motifs is 1. The molecule has 1 aliphatic rings. The minimum absolute atomic E-state index is 0.0525. The van der Waals surface area contributed by atoms with Crippen molar-refractivity contribution < 1.29 is 4.79 Å². The second kappa shape index (κ2) is 6.16. The number of carbonyl (C=O) groups excluding carboxylic acids is 1. The van der Waals surface area contributed by atoms with Gasteiger partial charge in [0.1, 0.15) is 11.6 Å². The van der Waals surface area contributed by atoms with Gasteiger partial charge in [-0.05, 0) is 23.3 Å². The molecule has 23 heavy (non-hydrogen) atoms. The molecule has 0 N–H and O–H groups in total. The van der Waals surface area contributed by atoms with Crippen molar-refractivity contribution in [3.63, 3.8) is 0 Å². The maximum atomic E-state index is 12.1. The summed E-state index contributed by atoms with van der Waals surface area (Å²) in [6, 6.07) is 9.30. The second-order valence-corrected chi connectivity index (χ2v) is 5.60. The molecular weight excluding hydrogens is 288 g/mol. The number of carbonyl (C=O) groups is 1. The summed E-state index contributed by atoms with van der Waals surface area (Å²) >= 11 is 0. The molecule has 1 aromatic carbocycles. The van der Waals surface area contributed by atoms with Crippen LogP contribution in [0.25, 0.3) is 11.3 Å². The number of hydrogen-bond donors (Lipinski definition) is 0. The van der Waals surface area contributed by atoms with Crippen LogP contribution in [0.15, 0.2) is 52.9 Å². The van der Waals surface area contributed by atoms with E-state index in [0.29, 0.717) is 30.6 Å². The molecule has 2 aromatic rings. The molecule has 0 saturated carbocycles. The van der Waals surface area contributed by atoms with Crippen molar-refractivity contribution in [2.24, 2.45) is 4.99 Å². The Hall–Kier alpha value is -2.75. The number of benzene rings is 1. The van der Waals surface area contributed by atoms with Crippen molar-refractivity contribution in [3.05, 3.63) is 64.5 Å². The highest BCUT2D eigenvalue weighted by atomic mass is 16.1. The maximum Gasteiger partial charge on any atom is 0.191 e. The predicted octanol–water partition coefficient (Wildman–Crippen LogP) is 3.48. The van der Waals surface area contributed by atoms with Crippen molar-refractivity contribution >= 4 is 23.4 Å². The third kappa shape index (κ3) is 2.93. The molecule has 1 aliphatic heterocycles. The lowest BCUT2D eigenvalue weighted by molar-refractivity contribution is -0.118. The summed E-state index contributed by atoms with van der Waals surface area (Å²) in [6.07, 6.45) is 5.10. The summed E-state index contributed by atoms with van der Waals surface area (Å²) in [5.74, 6) is 0.838. The van der Waals surface area contributed by atoms with Crippen molar-refractivity contribution in [2.75, 3.05) is 0 Å². The van der Waals surface area contributed by atoms with E-state index in [0.717, 1.165) is 16.8 Å². The van der Waals surface area contributed by atoms with Crippen LogP contribution in [-0.4, -0.2) is 16.6 Å². The van der Waals surface area contributed by atoms with Gasteiger partial charge in [-0.3, -0.25) is 9.59 Å². The van der Waals surface area contributed by atoms with Crippen LogP contribution in [0.5, 0.6) is 0 Å². The molecule has 0 saturated heterocycles. The molecule has 4 heteroatoms. The number of nitrogens with zero attached hydrogens (tertiary/aromatic N) is 2. The smallest absolute Gasteiger partial charge is 0.191 e. The Kier molecular flexibility index (Phi) is 4.06. The Balaban J connectivity index is 2.02. The molecule has 0 amide bonds. The summed E-state index contributed by atoms with van der Waals surface area (Å²) in [7, 11) is 0. The Morgan fingerprint density at radius 2 is 2.00 bits per heavy atom. The SMILES string of the molecule is C=C1CC=Nc2c1c(=O)ccn2-c1ccc(CC(=O)CC)cc1. The Morgan fingerprint density at radius 3 is 2.70 bits per heavy atom. The first-order valence-corrected chi connectivity index (χ1v) is 7.67. The molecule has 0 fully saturated rings. The van der Waals surface area contributed by atoms with Gasteiger partial charge in [0.2, 0.25) is 0 Å². The first-order chi connectivity index (χ1) is 11.1. The summed E-state index contributed by atoms with van der Waals surface area (Å²) in [5, 5.41) is 0. The van der Waals surface area contributed by atoms with Crippen molar-refractivity contribution in [1.82, 2.24) is 4.57 Å². The zero-order valence-electron chi connectivity index (χ0n) is 13.1. The highest BCUT2D eigenvalue weighted by Crippen LogP contribution is 2.29. The number of pyridine rings is 1. The molecule has 1 aromatic heterocycles. The number of allylic oxidation sites excluding steroid dienone is 1. The average Bonchev–Trinajstić information content (AvgIpc) is 2.56. The first-order valence-electron chi connectivity index (χ1n) is 7.67. The van der Waals surface area contributed by atoms with E-state index in [-0.39, 0.29) is 11.2 Å². The van der Waals surface area contributed by atoms with Gasteiger partial charge in [-0.25, -0.2) is 4.99 Å². The minimum Gasteiger partial charge on any atom is -0.301 e. The number of aromatic nitrogens is 1. The van der Waals surface area contributed by atoms with E-state index in [2.05, 4.69) is 11.6 Å². The van der Waals surface area contributed by atoms with E-state index in [4.69, 9.17) is 0 Å². The molecule has 116 valence electrons. The molecule has 4 nitrogen and oxygen atoms in total. The number of rotatable bonds is 4. The standard InChI is InChI=1S/C19H18N2O2/c1-3-16(22)12-14-4-6-15(7-5-14)21-11-9-17(23)18-13(2)8-10-20-19(18)21/h4-7,9-11H,2-3,8,12H2,1H3. The highest BCUT2D eigenvalue weighted by molar-refractivity contribution is 5.88. The van der Waals surface area contributed by atoms with Gasteiger partial charge in [-0.2, -0.15) is 0 Å². The largest absolute Gasteiger partial charge is 0.301 e. The second-order valence-electron chi connectivity index (χ2n) is 5.60. The van der Waals surface area contributed by atoms with E-state index < -0.39 is 0 Å². The van der Waals surface area contributed by atoms with Crippen molar-refractivity contribution in [3.8, 4) is 5.69 Å². The van der Waals surface area contributed by atoms with E-state index in [9.17, 15) is 9.59 Å². The molecule has 0 spiro atoms. The Bertz CT molecular complexity index is 858. The van der Waals surface area contributed by atoms with E-state index >= 15 is 0 Å². The number of aliphatic imine (C=N–C) groups is 1. The summed E-state index contributed by atoms with van der Waals surface area (Å²) in [4.78, 5) is 28.0. The Morgan fingerprint density at radius 1 is 1.26 bits per heavy atom. The lowest BCUT2D eigenvalue weighted by atomic mass is 10.0. The monoisotopic (exact) mass is 306 g/mol. The number of ketones is 1. The molecule has 0 radical (unpaired) electrons. The van der Waals surface area contributed by atoms with Crippen molar-refractivity contribution in [1.29, 1.82) is 0 Å². The van der Waals surface area contributed by atoms with Gasteiger partial charge in [-0.15, -0.1) is 0 Å². The highest BCUT2D eigenvalue weighted by Gasteiger charge is 2.17. The van der Waals surface area contributed by atoms with E-state index in [1.165, 1.54) is 0 Å².